The van der Waals surface area contributed by atoms with Crippen molar-refractivity contribution < 1.29 is 13.2 Å². The summed E-state index contributed by atoms with van der Waals surface area (Å²) in [6.45, 7) is 0.138. The fourth-order valence-corrected chi connectivity index (χ4v) is 3.30. The summed E-state index contributed by atoms with van der Waals surface area (Å²) < 4.78 is 26.9. The number of nitrogens with one attached hydrogen (secondary N) is 2. The maximum atomic E-state index is 12.2. The fourth-order valence-electron chi connectivity index (χ4n) is 2.26. The van der Waals surface area contributed by atoms with Crippen LogP contribution in [0.4, 0.5) is 5.82 Å². The molecule has 2 aromatic carbocycles. The van der Waals surface area contributed by atoms with E-state index >= 15 is 0 Å². The predicted octanol–water partition coefficient (Wildman–Crippen LogP) is 2.81. The van der Waals surface area contributed by atoms with Crippen LogP contribution in [0.3, 0.4) is 0 Å². The molecule has 0 saturated heterocycles. The van der Waals surface area contributed by atoms with E-state index in [0.29, 0.717) is 11.4 Å². The average Bonchev–Trinajstić information content (AvgIpc) is 2.68. The van der Waals surface area contributed by atoms with Crippen molar-refractivity contribution in [1.29, 1.82) is 0 Å². The molecular weight excluding hydrogens is 350 g/mol. The van der Waals surface area contributed by atoms with Gasteiger partial charge in [-0.15, -0.1) is 0 Å². The molecule has 1 heterocycles. The normalized spacial score (nSPS) is 11.1. The molecule has 3 rings (SSSR count). The molecule has 2 N–H and O–H groups in total. The molecule has 0 atom stereocenters. The second-order valence-electron chi connectivity index (χ2n) is 5.50. The number of amides is 1. The van der Waals surface area contributed by atoms with Gasteiger partial charge in [0.2, 0.25) is 10.0 Å². The molecule has 0 aliphatic rings. The second-order valence-corrected chi connectivity index (χ2v) is 7.27. The zero-order valence-electron chi connectivity index (χ0n) is 13.8. The second kappa shape index (κ2) is 7.90. The van der Waals surface area contributed by atoms with Gasteiger partial charge in [-0.1, -0.05) is 36.4 Å². The smallest absolute Gasteiger partial charge is 0.256 e. The topological polar surface area (TPSA) is 88.2 Å². The van der Waals surface area contributed by atoms with E-state index in [2.05, 4.69) is 15.0 Å². The zero-order valence-corrected chi connectivity index (χ0v) is 14.6. The minimum absolute atomic E-state index is 0.138. The fraction of sp³-hybridized carbons (Fsp3) is 0.0526. The van der Waals surface area contributed by atoms with E-state index in [4.69, 9.17) is 0 Å². The maximum absolute atomic E-state index is 12.2. The molecule has 0 radical (unpaired) electrons. The monoisotopic (exact) mass is 367 g/mol. The molecule has 3 aromatic rings. The van der Waals surface area contributed by atoms with Gasteiger partial charge in [-0.2, -0.15) is 0 Å². The predicted molar refractivity (Wildman–Crippen MR) is 99.1 cm³/mol. The lowest BCUT2D eigenvalue weighted by atomic mass is 10.1. The summed E-state index contributed by atoms with van der Waals surface area (Å²) in [4.78, 5) is 16.4. The Balaban J connectivity index is 1.62. The number of hydrogen-bond acceptors (Lipinski definition) is 4. The molecule has 0 unspecified atom stereocenters. The minimum atomic E-state index is -3.56. The zero-order chi connectivity index (χ0) is 18.4. The molecule has 0 fully saturated rings. The standard InChI is InChI=1S/C19H17N3O3S/c23-19(22-18-8-4-5-13-20-18)16-11-9-15(10-12-16)14-21-26(24,25)17-6-2-1-3-7-17/h1-13,21H,14H2,(H,20,22,23). The van der Waals surface area contributed by atoms with Crippen LogP contribution >= 0.6 is 0 Å². The largest absolute Gasteiger partial charge is 0.307 e. The molecule has 7 heteroatoms. The van der Waals surface area contributed by atoms with E-state index < -0.39 is 10.0 Å². The first-order valence-electron chi connectivity index (χ1n) is 7.91. The number of rotatable bonds is 6. The Morgan fingerprint density at radius 3 is 2.23 bits per heavy atom. The molecule has 0 saturated carbocycles. The lowest BCUT2D eigenvalue weighted by Gasteiger charge is -2.08. The van der Waals surface area contributed by atoms with Gasteiger partial charge in [0.05, 0.1) is 4.90 Å². The van der Waals surface area contributed by atoms with Crippen LogP contribution in [-0.4, -0.2) is 19.3 Å². The van der Waals surface area contributed by atoms with Crippen LogP contribution in [0.1, 0.15) is 15.9 Å². The van der Waals surface area contributed by atoms with E-state index in [9.17, 15) is 13.2 Å². The first-order valence-corrected chi connectivity index (χ1v) is 9.39. The van der Waals surface area contributed by atoms with Crippen molar-refractivity contribution in [1.82, 2.24) is 9.71 Å². The van der Waals surface area contributed by atoms with Crippen LogP contribution in [0.15, 0.2) is 83.9 Å². The Morgan fingerprint density at radius 1 is 0.885 bits per heavy atom. The van der Waals surface area contributed by atoms with Crippen molar-refractivity contribution in [3.63, 3.8) is 0 Å². The summed E-state index contributed by atoms with van der Waals surface area (Å²) in [5.74, 6) is 0.192. The highest BCUT2D eigenvalue weighted by Gasteiger charge is 2.13. The summed E-state index contributed by atoms with van der Waals surface area (Å²) >= 11 is 0. The Bertz CT molecular complexity index is 974. The van der Waals surface area contributed by atoms with Gasteiger partial charge in [0.1, 0.15) is 5.82 Å². The number of nitrogens with zero attached hydrogens (tertiary/aromatic N) is 1. The van der Waals surface area contributed by atoms with Crippen molar-refractivity contribution in [2.75, 3.05) is 5.32 Å². The van der Waals surface area contributed by atoms with Crippen LogP contribution in [0.25, 0.3) is 0 Å². The minimum Gasteiger partial charge on any atom is -0.307 e. The highest BCUT2D eigenvalue weighted by molar-refractivity contribution is 7.89. The summed E-state index contributed by atoms with van der Waals surface area (Å²) in [5, 5.41) is 2.69. The summed E-state index contributed by atoms with van der Waals surface area (Å²) in [5.41, 5.74) is 1.21. The quantitative estimate of drug-likeness (QED) is 0.701. The van der Waals surface area contributed by atoms with Gasteiger partial charge in [0.15, 0.2) is 0 Å². The van der Waals surface area contributed by atoms with E-state index in [0.717, 1.165) is 5.56 Å². The molecule has 0 aliphatic carbocycles. The number of sulfonamides is 1. The molecule has 1 amide bonds. The SMILES string of the molecule is O=C(Nc1ccccn1)c1ccc(CNS(=O)(=O)c2ccccc2)cc1. The lowest BCUT2D eigenvalue weighted by molar-refractivity contribution is 0.102. The van der Waals surface area contributed by atoms with Crippen LogP contribution in [0.2, 0.25) is 0 Å². The number of anilines is 1. The van der Waals surface area contributed by atoms with Gasteiger partial charge in [0, 0.05) is 18.3 Å². The van der Waals surface area contributed by atoms with Crippen molar-refractivity contribution >= 4 is 21.7 Å². The summed E-state index contributed by atoms with van der Waals surface area (Å²) in [7, 11) is -3.56. The lowest BCUT2D eigenvalue weighted by Crippen LogP contribution is -2.23. The van der Waals surface area contributed by atoms with Gasteiger partial charge < -0.3 is 5.32 Å². The van der Waals surface area contributed by atoms with Gasteiger partial charge in [-0.25, -0.2) is 18.1 Å². The molecule has 0 aliphatic heterocycles. The Morgan fingerprint density at radius 2 is 1.58 bits per heavy atom. The molecule has 0 bridgehead atoms. The third kappa shape index (κ3) is 4.53. The molecule has 6 nitrogen and oxygen atoms in total. The van der Waals surface area contributed by atoms with Gasteiger partial charge >= 0.3 is 0 Å². The van der Waals surface area contributed by atoms with E-state index in [1.54, 1.807) is 66.9 Å². The highest BCUT2D eigenvalue weighted by Crippen LogP contribution is 2.11. The number of pyridine rings is 1. The third-order valence-corrected chi connectivity index (χ3v) is 5.06. The van der Waals surface area contributed by atoms with Crippen molar-refractivity contribution in [2.45, 2.75) is 11.4 Å². The third-order valence-electron chi connectivity index (χ3n) is 3.64. The first kappa shape index (κ1) is 17.8. The van der Waals surface area contributed by atoms with Crippen LogP contribution < -0.4 is 10.0 Å². The number of benzene rings is 2. The van der Waals surface area contributed by atoms with E-state index in [-0.39, 0.29) is 17.3 Å². The highest BCUT2D eigenvalue weighted by atomic mass is 32.2. The van der Waals surface area contributed by atoms with Gasteiger partial charge in [0.25, 0.3) is 5.91 Å². The van der Waals surface area contributed by atoms with E-state index in [1.807, 2.05) is 0 Å². The van der Waals surface area contributed by atoms with Gasteiger partial charge in [-0.05, 0) is 42.0 Å². The number of aromatic nitrogens is 1. The maximum Gasteiger partial charge on any atom is 0.256 e. The molecule has 26 heavy (non-hydrogen) atoms. The van der Waals surface area contributed by atoms with Gasteiger partial charge in [-0.3, -0.25) is 4.79 Å². The molecule has 132 valence electrons. The summed E-state index contributed by atoms with van der Waals surface area (Å²) in [6.07, 6.45) is 1.59. The first-order chi connectivity index (χ1) is 12.5. The number of carbonyl (C=O) groups excluding carboxylic acids is 1. The Hall–Kier alpha value is -3.03. The number of carbonyl (C=O) groups is 1. The molecule has 0 spiro atoms. The summed E-state index contributed by atoms with van der Waals surface area (Å²) in [6, 6.07) is 20.1. The van der Waals surface area contributed by atoms with Crippen molar-refractivity contribution in [2.24, 2.45) is 0 Å². The van der Waals surface area contributed by atoms with Crippen molar-refractivity contribution in [3.8, 4) is 0 Å². The van der Waals surface area contributed by atoms with Crippen LogP contribution in [0, 0.1) is 0 Å². The molecule has 1 aromatic heterocycles. The van der Waals surface area contributed by atoms with Crippen LogP contribution in [-0.2, 0) is 16.6 Å². The van der Waals surface area contributed by atoms with Crippen molar-refractivity contribution in [3.05, 3.63) is 90.1 Å². The number of hydrogen-bond donors (Lipinski definition) is 2. The Labute approximate surface area is 152 Å². The Kier molecular flexibility index (Phi) is 5.40. The molecular formula is C19H17N3O3S. The average molecular weight is 367 g/mol. The van der Waals surface area contributed by atoms with E-state index in [1.165, 1.54) is 12.1 Å². The van der Waals surface area contributed by atoms with Crippen LogP contribution in [0.5, 0.6) is 0 Å².